The smallest absolute Gasteiger partial charge is 0.248 e. The Bertz CT molecular complexity index is 352. The van der Waals surface area contributed by atoms with Crippen molar-refractivity contribution in [1.82, 2.24) is 5.32 Å². The summed E-state index contributed by atoms with van der Waals surface area (Å²) in [6.45, 7) is 2.44. The molecule has 0 aromatic rings. The van der Waals surface area contributed by atoms with E-state index in [0.717, 1.165) is 25.7 Å². The molecule has 2 aliphatic carbocycles. The Morgan fingerprint density at radius 1 is 1.20 bits per heavy atom. The lowest BCUT2D eigenvalue weighted by Gasteiger charge is -2.39. The average molecular weight is 289 g/mol. The van der Waals surface area contributed by atoms with Crippen molar-refractivity contribution in [2.75, 3.05) is 6.54 Å². The normalized spacial score (nSPS) is 34.7. The second-order valence-corrected chi connectivity index (χ2v) is 6.76. The summed E-state index contributed by atoms with van der Waals surface area (Å²) in [7, 11) is 0. The van der Waals surface area contributed by atoms with Crippen molar-refractivity contribution in [1.29, 1.82) is 0 Å². The fourth-order valence-electron chi connectivity index (χ4n) is 3.32. The zero-order chi connectivity index (χ0) is 14.8. The molecule has 2 rings (SSSR count). The van der Waals surface area contributed by atoms with Gasteiger partial charge in [-0.25, -0.2) is 8.78 Å². The summed E-state index contributed by atoms with van der Waals surface area (Å²) in [5.41, 5.74) is -0.271. The minimum atomic E-state index is -2.59. The number of carbonyl (C=O) groups is 1. The molecule has 5 heteroatoms. The van der Waals surface area contributed by atoms with Gasteiger partial charge in [0, 0.05) is 30.7 Å². The molecule has 2 N–H and O–H groups in total. The van der Waals surface area contributed by atoms with Crippen LogP contribution < -0.4 is 5.32 Å². The molecular weight excluding hydrogens is 264 g/mol. The topological polar surface area (TPSA) is 49.3 Å². The molecule has 2 atom stereocenters. The van der Waals surface area contributed by atoms with Crippen LogP contribution in [0.2, 0.25) is 0 Å². The molecule has 0 aromatic carbocycles. The van der Waals surface area contributed by atoms with Crippen LogP contribution >= 0.6 is 0 Å². The van der Waals surface area contributed by atoms with Gasteiger partial charge in [-0.3, -0.25) is 4.79 Å². The Hall–Kier alpha value is -0.710. The first-order valence-corrected chi connectivity index (χ1v) is 7.66. The minimum absolute atomic E-state index is 0.125. The summed E-state index contributed by atoms with van der Waals surface area (Å²) in [5, 5.41) is 12.9. The van der Waals surface area contributed by atoms with Gasteiger partial charge < -0.3 is 10.4 Å². The third-order valence-electron chi connectivity index (χ3n) is 5.03. The summed E-state index contributed by atoms with van der Waals surface area (Å²) in [6, 6.07) is 0. The molecule has 0 saturated heterocycles. The number of aliphatic hydroxyl groups is 1. The highest BCUT2D eigenvalue weighted by molar-refractivity contribution is 5.78. The number of aliphatic hydroxyl groups excluding tert-OH is 1. The van der Waals surface area contributed by atoms with Crippen molar-refractivity contribution in [2.24, 2.45) is 11.3 Å². The van der Waals surface area contributed by atoms with Gasteiger partial charge >= 0.3 is 0 Å². The predicted octanol–water partition coefficient (Wildman–Crippen LogP) is 2.87. The van der Waals surface area contributed by atoms with Crippen LogP contribution in [-0.2, 0) is 4.79 Å². The Labute approximate surface area is 119 Å². The van der Waals surface area contributed by atoms with E-state index in [4.69, 9.17) is 0 Å². The van der Waals surface area contributed by atoms with Crippen LogP contribution in [0.5, 0.6) is 0 Å². The Kier molecular flexibility index (Phi) is 4.67. The third kappa shape index (κ3) is 3.68. The lowest BCUT2D eigenvalue weighted by atomic mass is 9.73. The molecule has 0 aromatic heterocycles. The molecule has 0 bridgehead atoms. The monoisotopic (exact) mass is 289 g/mol. The molecule has 0 aliphatic heterocycles. The fourth-order valence-corrected chi connectivity index (χ4v) is 3.32. The summed E-state index contributed by atoms with van der Waals surface area (Å²) in [5.74, 6) is -3.01. The molecule has 0 heterocycles. The maximum absolute atomic E-state index is 13.1. The van der Waals surface area contributed by atoms with Gasteiger partial charge in [-0.15, -0.1) is 0 Å². The molecule has 0 spiro atoms. The molecule has 1 amide bonds. The van der Waals surface area contributed by atoms with Gasteiger partial charge in [0.25, 0.3) is 0 Å². The predicted molar refractivity (Wildman–Crippen MR) is 72.5 cm³/mol. The van der Waals surface area contributed by atoms with Crippen molar-refractivity contribution >= 4 is 5.91 Å². The number of amides is 1. The zero-order valence-corrected chi connectivity index (χ0v) is 12.1. The number of alkyl halides is 2. The van der Waals surface area contributed by atoms with E-state index in [-0.39, 0.29) is 49.0 Å². The highest BCUT2D eigenvalue weighted by atomic mass is 19.3. The van der Waals surface area contributed by atoms with Crippen molar-refractivity contribution in [3.05, 3.63) is 0 Å². The summed E-state index contributed by atoms with van der Waals surface area (Å²) >= 11 is 0. The number of carbonyl (C=O) groups excluding carboxylic acids is 1. The van der Waals surface area contributed by atoms with Crippen LogP contribution in [0.4, 0.5) is 8.78 Å². The Morgan fingerprint density at radius 3 is 2.45 bits per heavy atom. The lowest BCUT2D eigenvalue weighted by molar-refractivity contribution is -0.130. The van der Waals surface area contributed by atoms with Gasteiger partial charge in [0.05, 0.1) is 6.10 Å². The van der Waals surface area contributed by atoms with Crippen LogP contribution in [0.1, 0.15) is 58.3 Å². The number of hydrogen-bond donors (Lipinski definition) is 2. The van der Waals surface area contributed by atoms with Gasteiger partial charge in [-0.2, -0.15) is 0 Å². The van der Waals surface area contributed by atoms with Crippen molar-refractivity contribution in [3.8, 4) is 0 Å². The summed E-state index contributed by atoms with van der Waals surface area (Å²) < 4.78 is 26.1. The zero-order valence-electron chi connectivity index (χ0n) is 12.1. The Balaban J connectivity index is 1.80. The minimum Gasteiger partial charge on any atom is -0.392 e. The van der Waals surface area contributed by atoms with Gasteiger partial charge in [0.1, 0.15) is 0 Å². The van der Waals surface area contributed by atoms with Gasteiger partial charge in [0.15, 0.2) is 0 Å². The standard InChI is InChI=1S/C15H25F2NO2/c1-14(7-3-2-4-12(14)19)10-18-13(20)11-5-8-15(16,17)9-6-11/h11-12,19H,2-10H2,1H3,(H,18,20)/t12-,14+/m1/s1. The molecule has 3 nitrogen and oxygen atoms in total. The molecular formula is C15H25F2NO2. The van der Waals surface area contributed by atoms with Crippen LogP contribution in [0.3, 0.4) is 0 Å². The van der Waals surface area contributed by atoms with E-state index in [1.807, 2.05) is 6.92 Å². The molecule has 0 radical (unpaired) electrons. The third-order valence-corrected chi connectivity index (χ3v) is 5.03. The van der Waals surface area contributed by atoms with Crippen molar-refractivity contribution in [2.45, 2.75) is 70.3 Å². The van der Waals surface area contributed by atoms with Crippen LogP contribution in [0.15, 0.2) is 0 Å². The lowest BCUT2D eigenvalue weighted by Crippen LogP contribution is -2.47. The molecule has 2 fully saturated rings. The fraction of sp³-hybridized carbons (Fsp3) is 0.933. The molecule has 116 valence electrons. The van der Waals surface area contributed by atoms with Gasteiger partial charge in [-0.05, 0) is 25.7 Å². The van der Waals surface area contributed by atoms with Crippen LogP contribution in [-0.4, -0.2) is 29.6 Å². The largest absolute Gasteiger partial charge is 0.392 e. The van der Waals surface area contributed by atoms with E-state index in [2.05, 4.69) is 5.32 Å². The summed E-state index contributed by atoms with van der Waals surface area (Å²) in [6.07, 6.45) is 3.54. The molecule has 0 unspecified atom stereocenters. The number of nitrogens with one attached hydrogen (secondary N) is 1. The Morgan fingerprint density at radius 2 is 1.85 bits per heavy atom. The maximum atomic E-state index is 13.1. The molecule has 2 saturated carbocycles. The van der Waals surface area contributed by atoms with Crippen LogP contribution in [0, 0.1) is 11.3 Å². The highest BCUT2D eigenvalue weighted by Gasteiger charge is 2.39. The van der Waals surface area contributed by atoms with Gasteiger partial charge in [0.2, 0.25) is 11.8 Å². The number of halogens is 2. The van der Waals surface area contributed by atoms with E-state index in [0.29, 0.717) is 6.54 Å². The van der Waals surface area contributed by atoms with Crippen molar-refractivity contribution in [3.63, 3.8) is 0 Å². The van der Waals surface area contributed by atoms with E-state index < -0.39 is 5.92 Å². The second-order valence-electron chi connectivity index (χ2n) is 6.76. The van der Waals surface area contributed by atoms with Crippen LogP contribution in [0.25, 0.3) is 0 Å². The van der Waals surface area contributed by atoms with Crippen molar-refractivity contribution < 1.29 is 18.7 Å². The van der Waals surface area contributed by atoms with E-state index in [1.165, 1.54) is 0 Å². The van der Waals surface area contributed by atoms with Gasteiger partial charge in [-0.1, -0.05) is 19.8 Å². The number of rotatable bonds is 3. The van der Waals surface area contributed by atoms with E-state index in [1.54, 1.807) is 0 Å². The first-order valence-electron chi connectivity index (χ1n) is 7.66. The molecule has 2 aliphatic rings. The molecule has 20 heavy (non-hydrogen) atoms. The quantitative estimate of drug-likeness (QED) is 0.839. The average Bonchev–Trinajstić information content (AvgIpc) is 2.40. The first kappa shape index (κ1) is 15.7. The van der Waals surface area contributed by atoms with E-state index >= 15 is 0 Å². The number of hydrogen-bond acceptors (Lipinski definition) is 2. The summed E-state index contributed by atoms with van der Waals surface area (Å²) in [4.78, 5) is 12.1. The first-order chi connectivity index (χ1) is 9.32. The van der Waals surface area contributed by atoms with E-state index in [9.17, 15) is 18.7 Å². The highest BCUT2D eigenvalue weighted by Crippen LogP contribution is 2.37. The maximum Gasteiger partial charge on any atom is 0.248 e. The SMILES string of the molecule is C[C@@]1(CNC(=O)C2CCC(F)(F)CC2)CCCC[C@H]1O. The second kappa shape index (κ2) is 5.96.